The van der Waals surface area contributed by atoms with Crippen LogP contribution in [0.15, 0.2) is 23.2 Å². The van der Waals surface area contributed by atoms with Crippen LogP contribution in [0.5, 0.6) is 0 Å². The van der Waals surface area contributed by atoms with Gasteiger partial charge in [0.15, 0.2) is 0 Å². The maximum Gasteiger partial charge on any atom is 0.265 e. The number of hydrogen-bond acceptors (Lipinski definition) is 3. The summed E-state index contributed by atoms with van der Waals surface area (Å²) in [6.45, 7) is 0. The molecule has 14 heavy (non-hydrogen) atoms. The summed E-state index contributed by atoms with van der Waals surface area (Å²) in [6, 6.07) is 3.79. The van der Waals surface area contributed by atoms with Crippen molar-refractivity contribution in [3.05, 3.63) is 28.9 Å². The molecule has 0 aromatic carbocycles. The molecule has 0 saturated carbocycles. The molecule has 1 aromatic rings. The molecule has 1 aliphatic rings. The van der Waals surface area contributed by atoms with Gasteiger partial charge >= 0.3 is 0 Å². The molecule has 1 amide bonds. The van der Waals surface area contributed by atoms with Gasteiger partial charge in [0.2, 0.25) is 0 Å². The van der Waals surface area contributed by atoms with E-state index >= 15 is 0 Å². The molecule has 1 aliphatic heterocycles. The minimum atomic E-state index is -0.0328. The first kappa shape index (κ1) is 9.48. The van der Waals surface area contributed by atoms with Gasteiger partial charge in [0.25, 0.3) is 5.91 Å². The maximum atomic E-state index is 11.6. The number of thioether (sulfide) groups is 1. The van der Waals surface area contributed by atoms with Crippen LogP contribution in [-0.2, 0) is 4.79 Å². The summed E-state index contributed by atoms with van der Waals surface area (Å²) in [7, 11) is 1.69. The number of thiocarbonyl (C=S) groups is 1. The van der Waals surface area contributed by atoms with Crippen molar-refractivity contribution < 1.29 is 4.79 Å². The molecule has 1 saturated heterocycles. The normalized spacial score (nSPS) is 19.8. The number of aromatic amines is 1. The predicted molar refractivity (Wildman–Crippen MR) is 61.7 cm³/mol. The Morgan fingerprint density at radius 2 is 2.43 bits per heavy atom. The lowest BCUT2D eigenvalue weighted by Crippen LogP contribution is -2.22. The number of rotatable bonds is 1. The number of nitrogens with one attached hydrogen (secondary N) is 1. The highest BCUT2D eigenvalue weighted by molar-refractivity contribution is 8.26. The van der Waals surface area contributed by atoms with Crippen molar-refractivity contribution in [2.45, 2.75) is 0 Å². The summed E-state index contributed by atoms with van der Waals surface area (Å²) in [6.07, 6.45) is 3.63. The van der Waals surface area contributed by atoms with Crippen LogP contribution in [0.25, 0.3) is 6.08 Å². The average molecular weight is 224 g/mol. The van der Waals surface area contributed by atoms with Gasteiger partial charge in [-0.1, -0.05) is 24.0 Å². The zero-order valence-electron chi connectivity index (χ0n) is 7.48. The quantitative estimate of drug-likeness (QED) is 0.584. The molecule has 0 radical (unpaired) electrons. The van der Waals surface area contributed by atoms with Gasteiger partial charge in [0.05, 0.1) is 4.91 Å². The smallest absolute Gasteiger partial charge is 0.265 e. The van der Waals surface area contributed by atoms with Gasteiger partial charge in [-0.3, -0.25) is 9.69 Å². The Labute approximate surface area is 91.2 Å². The summed E-state index contributed by atoms with van der Waals surface area (Å²) in [5.74, 6) is -0.0328. The van der Waals surface area contributed by atoms with Crippen molar-refractivity contribution in [2.24, 2.45) is 0 Å². The third-order valence-electron chi connectivity index (χ3n) is 1.90. The summed E-state index contributed by atoms with van der Waals surface area (Å²) >= 11 is 6.34. The zero-order chi connectivity index (χ0) is 10.1. The maximum absolute atomic E-state index is 11.6. The van der Waals surface area contributed by atoms with Crippen molar-refractivity contribution in [3.8, 4) is 0 Å². The Morgan fingerprint density at radius 1 is 1.64 bits per heavy atom. The van der Waals surface area contributed by atoms with Gasteiger partial charge in [0, 0.05) is 18.9 Å². The van der Waals surface area contributed by atoms with E-state index in [9.17, 15) is 4.79 Å². The standard InChI is InChI=1S/C9H8N2OS2/c1-11-8(12)7(14-9(11)13)5-6-3-2-4-10-6/h2-5,10H,1H3/b7-5-. The van der Waals surface area contributed by atoms with Crippen LogP contribution in [0.2, 0.25) is 0 Å². The van der Waals surface area contributed by atoms with Gasteiger partial charge in [-0.15, -0.1) is 0 Å². The fraction of sp³-hybridized carbons (Fsp3) is 0.111. The number of aromatic nitrogens is 1. The highest BCUT2D eigenvalue weighted by Gasteiger charge is 2.28. The van der Waals surface area contributed by atoms with E-state index in [1.54, 1.807) is 7.05 Å². The second-order valence-electron chi connectivity index (χ2n) is 2.87. The lowest BCUT2D eigenvalue weighted by Gasteiger charge is -2.03. The summed E-state index contributed by atoms with van der Waals surface area (Å²) in [4.78, 5) is 16.7. The molecule has 2 heterocycles. The van der Waals surface area contributed by atoms with E-state index in [0.717, 1.165) is 5.69 Å². The minimum absolute atomic E-state index is 0.0328. The van der Waals surface area contributed by atoms with Crippen LogP contribution in [0.4, 0.5) is 0 Å². The first-order valence-corrected chi connectivity index (χ1v) is 5.26. The molecule has 0 bridgehead atoms. The summed E-state index contributed by atoms with van der Waals surface area (Å²) < 4.78 is 0.604. The highest BCUT2D eigenvalue weighted by atomic mass is 32.2. The Balaban J connectivity index is 2.29. The van der Waals surface area contributed by atoms with Crippen molar-refractivity contribution in [2.75, 3.05) is 7.05 Å². The van der Waals surface area contributed by atoms with Gasteiger partial charge in [-0.2, -0.15) is 0 Å². The second kappa shape index (κ2) is 3.59. The van der Waals surface area contributed by atoms with Crippen LogP contribution in [-0.4, -0.2) is 27.2 Å². The predicted octanol–water partition coefficient (Wildman–Crippen LogP) is 1.85. The fourth-order valence-electron chi connectivity index (χ4n) is 1.12. The van der Waals surface area contributed by atoms with Crippen molar-refractivity contribution >= 4 is 40.3 Å². The first-order chi connectivity index (χ1) is 6.68. The number of likely N-dealkylation sites (N-methyl/N-ethyl adjacent to an activating group) is 1. The zero-order valence-corrected chi connectivity index (χ0v) is 9.11. The summed E-state index contributed by atoms with van der Waals surface area (Å²) in [5, 5.41) is 0. The van der Waals surface area contributed by atoms with E-state index in [0.29, 0.717) is 9.23 Å². The molecule has 0 aliphatic carbocycles. The van der Waals surface area contributed by atoms with Crippen molar-refractivity contribution in [1.29, 1.82) is 0 Å². The third-order valence-corrected chi connectivity index (χ3v) is 3.38. The monoisotopic (exact) mass is 224 g/mol. The molecule has 1 fully saturated rings. The van der Waals surface area contributed by atoms with Crippen molar-refractivity contribution in [3.63, 3.8) is 0 Å². The SMILES string of the molecule is CN1C(=O)/C(=C/c2ccc[nH]2)SC1=S. The molecule has 2 rings (SSSR count). The second-order valence-corrected chi connectivity index (χ2v) is 4.54. The van der Waals surface area contributed by atoms with Crippen LogP contribution in [0.3, 0.4) is 0 Å². The molecule has 3 nitrogen and oxygen atoms in total. The molecular formula is C9H8N2OS2. The van der Waals surface area contributed by atoms with Crippen LogP contribution >= 0.6 is 24.0 Å². The van der Waals surface area contributed by atoms with E-state index in [2.05, 4.69) is 4.98 Å². The van der Waals surface area contributed by atoms with Gasteiger partial charge in [-0.05, 0) is 18.2 Å². The largest absolute Gasteiger partial charge is 0.362 e. The van der Waals surface area contributed by atoms with E-state index in [1.807, 2.05) is 24.4 Å². The molecular weight excluding hydrogens is 216 g/mol. The Kier molecular flexibility index (Phi) is 2.43. The number of carbonyl (C=O) groups excluding carboxylic acids is 1. The lowest BCUT2D eigenvalue weighted by molar-refractivity contribution is -0.121. The average Bonchev–Trinajstić information content (AvgIpc) is 2.73. The van der Waals surface area contributed by atoms with Gasteiger partial charge in [0.1, 0.15) is 4.32 Å². The number of amides is 1. The van der Waals surface area contributed by atoms with E-state index < -0.39 is 0 Å². The molecule has 1 N–H and O–H groups in total. The summed E-state index contributed by atoms with van der Waals surface area (Å²) in [5.41, 5.74) is 0.916. The van der Waals surface area contributed by atoms with Crippen molar-refractivity contribution in [1.82, 2.24) is 9.88 Å². The van der Waals surface area contributed by atoms with Gasteiger partial charge in [-0.25, -0.2) is 0 Å². The fourth-order valence-corrected chi connectivity index (χ4v) is 2.29. The molecule has 72 valence electrons. The van der Waals surface area contributed by atoms with E-state index in [4.69, 9.17) is 12.2 Å². The topological polar surface area (TPSA) is 36.1 Å². The van der Waals surface area contributed by atoms with E-state index in [-0.39, 0.29) is 5.91 Å². The van der Waals surface area contributed by atoms with Crippen LogP contribution in [0.1, 0.15) is 5.69 Å². The Morgan fingerprint density at radius 3 is 2.93 bits per heavy atom. The van der Waals surface area contributed by atoms with Crippen LogP contribution in [0, 0.1) is 0 Å². The Bertz CT molecular complexity index is 408. The Hall–Kier alpha value is -1.07. The van der Waals surface area contributed by atoms with Gasteiger partial charge < -0.3 is 4.98 Å². The third kappa shape index (κ3) is 1.60. The highest BCUT2D eigenvalue weighted by Crippen LogP contribution is 2.30. The molecule has 0 spiro atoms. The number of nitrogens with zero attached hydrogens (tertiary/aromatic N) is 1. The minimum Gasteiger partial charge on any atom is -0.362 e. The van der Waals surface area contributed by atoms with Crippen LogP contribution < -0.4 is 0 Å². The number of hydrogen-bond donors (Lipinski definition) is 1. The molecule has 0 unspecified atom stereocenters. The molecule has 1 aromatic heterocycles. The lowest BCUT2D eigenvalue weighted by atomic mass is 10.3. The molecule has 0 atom stereocenters. The number of carbonyl (C=O) groups is 1. The van der Waals surface area contributed by atoms with E-state index in [1.165, 1.54) is 16.7 Å². The number of H-pyrrole nitrogens is 1. The first-order valence-electron chi connectivity index (χ1n) is 4.03. The molecule has 5 heteroatoms.